The number of pyridine rings is 1. The number of benzene rings is 4. The predicted octanol–water partition coefficient (Wildman–Crippen LogP) is 9.18. The molecule has 15 nitrogen and oxygen atoms in total. The first-order valence-electron chi connectivity index (χ1n) is 25.2. The van der Waals surface area contributed by atoms with E-state index in [1.165, 1.54) is 24.2 Å². The summed E-state index contributed by atoms with van der Waals surface area (Å²) < 4.78 is 7.39. The van der Waals surface area contributed by atoms with Crippen LogP contribution < -0.4 is 30.5 Å². The van der Waals surface area contributed by atoms with Crippen LogP contribution in [0.2, 0.25) is 0 Å². The number of nitrogens with zero attached hydrogens (tertiary/aromatic N) is 5. The third-order valence-electron chi connectivity index (χ3n) is 15.2. The van der Waals surface area contributed by atoms with E-state index in [0.717, 1.165) is 101 Å². The van der Waals surface area contributed by atoms with E-state index in [-0.39, 0.29) is 29.6 Å². The number of para-hydroxylation sites is 1. The summed E-state index contributed by atoms with van der Waals surface area (Å²) in [5.74, 6) is -0.701. The van der Waals surface area contributed by atoms with Crippen LogP contribution in [0.1, 0.15) is 94.5 Å². The van der Waals surface area contributed by atoms with E-state index in [9.17, 15) is 24.3 Å². The highest BCUT2D eigenvalue weighted by molar-refractivity contribution is 7.22. The molecule has 6 heterocycles. The smallest absolute Gasteiger partial charge is 0.355 e. The Bertz CT molecular complexity index is 3020. The SMILES string of the molecule is CNc1cc(N2CCC(N3CCC(CCCOc4cccc(-c5ccc(N6CCc7cccc(C(=O)Nc8nc9ccccc9s8)c7C6)nc5C(=O)O)c4C)CC3)CC2)ccc1C(=N)C1CCC(=O)NC1=O. The average Bonchev–Trinajstić information content (AvgIpc) is 3.82. The number of rotatable bonds is 15. The molecule has 0 aliphatic carbocycles. The van der Waals surface area contributed by atoms with Crippen LogP contribution in [0.3, 0.4) is 0 Å². The Labute approximate surface area is 423 Å². The summed E-state index contributed by atoms with van der Waals surface area (Å²) >= 11 is 1.43. The summed E-state index contributed by atoms with van der Waals surface area (Å²) in [6.45, 7) is 7.72. The Kier molecular flexibility index (Phi) is 14.3. The lowest BCUT2D eigenvalue weighted by Crippen LogP contribution is -2.47. The first-order valence-corrected chi connectivity index (χ1v) is 26.1. The molecule has 10 rings (SSSR count). The Morgan fingerprint density at radius 1 is 0.847 bits per heavy atom. The van der Waals surface area contributed by atoms with Gasteiger partial charge in [0.15, 0.2) is 10.8 Å². The summed E-state index contributed by atoms with van der Waals surface area (Å²) in [6, 6.07) is 29.7. The van der Waals surface area contributed by atoms with Gasteiger partial charge in [0.2, 0.25) is 11.8 Å². The van der Waals surface area contributed by atoms with Crippen molar-refractivity contribution in [2.75, 3.05) is 66.8 Å². The second-order valence-corrected chi connectivity index (χ2v) is 20.5. The molecule has 5 N–H and O–H groups in total. The molecule has 2 aromatic heterocycles. The molecule has 0 bridgehead atoms. The van der Waals surface area contributed by atoms with Crippen molar-refractivity contribution < 1.29 is 29.0 Å². The van der Waals surface area contributed by atoms with Gasteiger partial charge in [-0.3, -0.25) is 25.0 Å². The largest absolute Gasteiger partial charge is 0.493 e. The lowest BCUT2D eigenvalue weighted by atomic mass is 9.88. The Balaban J connectivity index is 0.699. The summed E-state index contributed by atoms with van der Waals surface area (Å²) in [5, 5.41) is 28.4. The number of thiazole rings is 1. The number of amides is 3. The van der Waals surface area contributed by atoms with Gasteiger partial charge in [0.05, 0.1) is 28.5 Å². The van der Waals surface area contributed by atoms with Gasteiger partial charge in [-0.05, 0) is 154 Å². The van der Waals surface area contributed by atoms with E-state index in [4.69, 9.17) is 15.1 Å². The molecular formula is C56H61N9O6S. The number of piperidine rings is 3. The molecule has 0 saturated carbocycles. The first-order chi connectivity index (χ1) is 35.0. The van der Waals surface area contributed by atoms with Crippen LogP contribution in [-0.4, -0.2) is 102 Å². The van der Waals surface area contributed by atoms with Crippen molar-refractivity contribution in [3.05, 3.63) is 125 Å². The topological polar surface area (TPSA) is 193 Å². The quantitative estimate of drug-likeness (QED) is 0.0373. The zero-order valence-electron chi connectivity index (χ0n) is 40.8. The maximum absolute atomic E-state index is 13.6. The van der Waals surface area contributed by atoms with Crippen molar-refractivity contribution in [2.24, 2.45) is 11.8 Å². The van der Waals surface area contributed by atoms with Crippen LogP contribution in [-0.2, 0) is 22.6 Å². The number of aromatic nitrogens is 2. The zero-order chi connectivity index (χ0) is 49.9. The monoisotopic (exact) mass is 987 g/mol. The van der Waals surface area contributed by atoms with E-state index >= 15 is 0 Å². The molecule has 0 spiro atoms. The van der Waals surface area contributed by atoms with Crippen LogP contribution in [0.5, 0.6) is 5.75 Å². The van der Waals surface area contributed by atoms with Crippen LogP contribution in [0.4, 0.5) is 22.3 Å². The van der Waals surface area contributed by atoms with Crippen molar-refractivity contribution in [3.8, 4) is 16.9 Å². The number of carbonyl (C=O) groups is 4. The molecule has 6 aromatic rings. The first kappa shape index (κ1) is 48.5. The number of likely N-dealkylation sites (tertiary alicyclic amines) is 1. The van der Waals surface area contributed by atoms with Gasteiger partial charge in [-0.25, -0.2) is 14.8 Å². The number of hydrogen-bond acceptors (Lipinski definition) is 13. The molecule has 3 saturated heterocycles. The van der Waals surface area contributed by atoms with Crippen molar-refractivity contribution in [1.29, 1.82) is 5.41 Å². The molecule has 72 heavy (non-hydrogen) atoms. The lowest BCUT2D eigenvalue weighted by Gasteiger charge is -2.42. The van der Waals surface area contributed by atoms with E-state index in [1.54, 1.807) is 0 Å². The molecule has 1 atom stereocenters. The zero-order valence-corrected chi connectivity index (χ0v) is 41.7. The number of aromatic carboxylic acids is 1. The van der Waals surface area contributed by atoms with Crippen molar-refractivity contribution in [3.63, 3.8) is 0 Å². The van der Waals surface area contributed by atoms with Gasteiger partial charge in [0.1, 0.15) is 11.6 Å². The fourth-order valence-electron chi connectivity index (χ4n) is 11.1. The molecule has 4 aromatic carbocycles. The molecule has 4 aliphatic heterocycles. The van der Waals surface area contributed by atoms with Crippen molar-refractivity contribution in [1.82, 2.24) is 20.2 Å². The van der Waals surface area contributed by atoms with Gasteiger partial charge in [0.25, 0.3) is 5.91 Å². The van der Waals surface area contributed by atoms with Gasteiger partial charge >= 0.3 is 5.97 Å². The minimum Gasteiger partial charge on any atom is -0.493 e. The van der Waals surface area contributed by atoms with E-state index in [1.807, 2.05) is 97.7 Å². The summed E-state index contributed by atoms with van der Waals surface area (Å²) in [6.07, 6.45) is 7.87. The Morgan fingerprint density at radius 2 is 1.65 bits per heavy atom. The lowest BCUT2D eigenvalue weighted by molar-refractivity contribution is -0.134. The molecule has 16 heteroatoms. The van der Waals surface area contributed by atoms with Gasteiger partial charge in [-0.1, -0.05) is 47.7 Å². The fraction of sp³-hybridized carbons (Fsp3) is 0.375. The Hall–Kier alpha value is -7.17. The second kappa shape index (κ2) is 21.3. The summed E-state index contributed by atoms with van der Waals surface area (Å²) in [7, 11) is 1.84. The number of carbonyl (C=O) groups excluding carboxylic acids is 3. The van der Waals surface area contributed by atoms with Gasteiger partial charge < -0.3 is 35.3 Å². The number of ether oxygens (including phenoxy) is 1. The van der Waals surface area contributed by atoms with Gasteiger partial charge in [0, 0.05) is 73.8 Å². The molecule has 372 valence electrons. The van der Waals surface area contributed by atoms with E-state index in [2.05, 4.69) is 42.9 Å². The molecule has 0 radical (unpaired) electrons. The standard InChI is InChI=1S/C56H61N9O6S/c1-34-39(40-17-19-49(60-52(40)55(69)70)65-28-23-36-9-5-11-41(44(36)33-65)53(67)62-56-59-45-12-3-4-14-48(45)72-56)10-6-13-47(34)71-31-7-8-35-21-26-63(27-22-35)37-24-29-64(30-25-37)38-15-16-42(46(32-38)58-2)51(57)43-18-20-50(66)61-54(43)68/h3-6,9-17,19,32,35,37,43,57-58H,7-8,18,20-31,33H2,1-2H3,(H,69,70)(H,59,62,67)(H,61,66,68). The van der Waals surface area contributed by atoms with Crippen molar-refractivity contribution in [2.45, 2.75) is 77.3 Å². The highest BCUT2D eigenvalue weighted by Crippen LogP contribution is 2.36. The van der Waals surface area contributed by atoms with Crippen LogP contribution >= 0.6 is 11.3 Å². The maximum atomic E-state index is 13.6. The third-order valence-corrected chi connectivity index (χ3v) is 16.1. The molecule has 1 unspecified atom stereocenters. The van der Waals surface area contributed by atoms with Crippen LogP contribution in [0.25, 0.3) is 21.3 Å². The normalized spacial score (nSPS) is 17.9. The molecular weight excluding hydrogens is 927 g/mol. The predicted molar refractivity (Wildman–Crippen MR) is 283 cm³/mol. The molecule has 3 amide bonds. The second-order valence-electron chi connectivity index (χ2n) is 19.4. The van der Waals surface area contributed by atoms with Crippen LogP contribution in [0, 0.1) is 24.2 Å². The summed E-state index contributed by atoms with van der Waals surface area (Å²) in [4.78, 5) is 67.1. The van der Waals surface area contributed by atoms with E-state index < -0.39 is 17.8 Å². The number of carboxylic acids is 1. The number of carboxylic acid groups (broad SMARTS) is 1. The highest BCUT2D eigenvalue weighted by atomic mass is 32.1. The van der Waals surface area contributed by atoms with Gasteiger partial charge in [-0.2, -0.15) is 0 Å². The Morgan fingerprint density at radius 3 is 2.43 bits per heavy atom. The average molecular weight is 988 g/mol. The third kappa shape index (κ3) is 10.3. The number of fused-ring (bicyclic) bond motifs is 2. The summed E-state index contributed by atoms with van der Waals surface area (Å²) in [5.41, 5.74) is 8.38. The van der Waals surface area contributed by atoms with Crippen molar-refractivity contribution >= 4 is 73.3 Å². The number of nitrogens with one attached hydrogen (secondary N) is 4. The number of imide groups is 1. The fourth-order valence-corrected chi connectivity index (χ4v) is 12.0. The maximum Gasteiger partial charge on any atom is 0.355 e. The van der Waals surface area contributed by atoms with Crippen LogP contribution in [0.15, 0.2) is 91.0 Å². The molecule has 4 aliphatic rings. The number of hydrogen-bond donors (Lipinski definition) is 5. The minimum absolute atomic E-state index is 0.0293. The number of anilines is 4. The minimum atomic E-state index is -1.11. The van der Waals surface area contributed by atoms with E-state index in [0.29, 0.717) is 72.1 Å². The highest BCUT2D eigenvalue weighted by Gasteiger charge is 2.33. The molecule has 3 fully saturated rings. The van der Waals surface area contributed by atoms with Gasteiger partial charge in [-0.15, -0.1) is 0 Å².